The lowest BCUT2D eigenvalue weighted by atomic mass is 9.66. The van der Waals surface area contributed by atoms with E-state index in [-0.39, 0.29) is 0 Å². The summed E-state index contributed by atoms with van der Waals surface area (Å²) in [4.78, 5) is 0. The summed E-state index contributed by atoms with van der Waals surface area (Å²) >= 11 is 0. The normalized spacial score (nSPS) is 12.5. The molecule has 0 heteroatoms. The van der Waals surface area contributed by atoms with E-state index in [9.17, 15) is 0 Å². The van der Waals surface area contributed by atoms with E-state index < -0.39 is 5.41 Å². The highest BCUT2D eigenvalue weighted by Gasteiger charge is 2.46. The van der Waals surface area contributed by atoms with E-state index in [0.29, 0.717) is 0 Å². The minimum atomic E-state index is -0.405. The van der Waals surface area contributed by atoms with Crippen molar-refractivity contribution in [3.8, 4) is 11.1 Å². The summed E-state index contributed by atoms with van der Waals surface area (Å²) in [6, 6.07) is 17.3. The van der Waals surface area contributed by atoms with Gasteiger partial charge in [0, 0.05) is 0 Å². The zero-order valence-electron chi connectivity index (χ0n) is 23.3. The molecule has 0 N–H and O–H groups in total. The Bertz CT molecular complexity index is 902. The SMILES string of the molecule is C=C/C=C\C(=C/C)C1(/C(C=C)=C/C=C)c2ccccc2-c2ccccc21.CC.CC.CC.CC. The molecule has 0 amide bonds. The van der Waals surface area contributed by atoms with Crippen LogP contribution in [0.4, 0.5) is 0 Å². The molecule has 0 aliphatic heterocycles. The predicted octanol–water partition coefficient (Wildman–Crippen LogP) is 11.0. The Kier molecular flexibility index (Phi) is 18.8. The third-order valence-electron chi connectivity index (χ3n) is 5.06. The van der Waals surface area contributed by atoms with Gasteiger partial charge in [-0.2, -0.15) is 0 Å². The number of allylic oxidation sites excluding steroid dienone is 9. The average Bonchev–Trinajstić information content (AvgIpc) is 3.23. The van der Waals surface area contributed by atoms with Gasteiger partial charge in [0.05, 0.1) is 5.41 Å². The number of hydrogen-bond donors (Lipinski definition) is 0. The molecular formula is C34H48. The number of benzene rings is 2. The Morgan fingerprint density at radius 2 is 1.09 bits per heavy atom. The van der Waals surface area contributed by atoms with Crippen molar-refractivity contribution in [2.45, 2.75) is 67.7 Å². The molecule has 1 aliphatic carbocycles. The standard InChI is InChI=1S/C26H24.4C2H6/c1-5-9-15-21(8-4)26(20(7-3)14-6-2)24-18-12-10-16-22(24)23-17-11-13-19-25(23)26;4*1-2/h5-19H,1-3H2,4H3;4*1-2H3/b15-9-,20-14+,21-8+;;;;. The van der Waals surface area contributed by atoms with Crippen molar-refractivity contribution < 1.29 is 0 Å². The topological polar surface area (TPSA) is 0 Å². The molecule has 0 aromatic heterocycles. The van der Waals surface area contributed by atoms with Crippen LogP contribution in [0.3, 0.4) is 0 Å². The molecule has 0 unspecified atom stereocenters. The van der Waals surface area contributed by atoms with E-state index >= 15 is 0 Å². The smallest absolute Gasteiger partial charge is 0.0710 e. The molecule has 1 aliphatic rings. The second-order valence-electron chi connectivity index (χ2n) is 6.24. The highest BCUT2D eigenvalue weighted by Crippen LogP contribution is 2.56. The van der Waals surface area contributed by atoms with Crippen molar-refractivity contribution in [1.82, 2.24) is 0 Å². The Balaban J connectivity index is 0. The second kappa shape index (κ2) is 19.4. The van der Waals surface area contributed by atoms with Gasteiger partial charge in [0.15, 0.2) is 0 Å². The lowest BCUT2D eigenvalue weighted by molar-refractivity contribution is 0.764. The van der Waals surface area contributed by atoms with Gasteiger partial charge in [0.2, 0.25) is 0 Å². The Hall–Kier alpha value is -3.12. The van der Waals surface area contributed by atoms with Crippen LogP contribution in [0.2, 0.25) is 0 Å². The van der Waals surface area contributed by atoms with Gasteiger partial charge in [-0.05, 0) is 40.3 Å². The quantitative estimate of drug-likeness (QED) is 0.379. The summed E-state index contributed by atoms with van der Waals surface area (Å²) in [5.41, 5.74) is 7.00. The summed E-state index contributed by atoms with van der Waals surface area (Å²) in [7, 11) is 0. The Morgan fingerprint density at radius 1 is 0.647 bits per heavy atom. The molecule has 0 saturated carbocycles. The number of hydrogen-bond acceptors (Lipinski definition) is 0. The van der Waals surface area contributed by atoms with E-state index in [4.69, 9.17) is 0 Å². The van der Waals surface area contributed by atoms with Crippen molar-refractivity contribution >= 4 is 0 Å². The summed E-state index contributed by atoms with van der Waals surface area (Å²) in [5, 5.41) is 0. The van der Waals surface area contributed by atoms with Gasteiger partial charge >= 0.3 is 0 Å². The Labute approximate surface area is 211 Å². The summed E-state index contributed by atoms with van der Waals surface area (Å²) in [6.45, 7) is 30.0. The van der Waals surface area contributed by atoms with Gasteiger partial charge in [0.1, 0.15) is 0 Å². The van der Waals surface area contributed by atoms with Crippen LogP contribution in [0.15, 0.2) is 122 Å². The number of fused-ring (bicyclic) bond motifs is 3. The van der Waals surface area contributed by atoms with Gasteiger partial charge in [0.25, 0.3) is 0 Å². The van der Waals surface area contributed by atoms with Crippen LogP contribution in [0.5, 0.6) is 0 Å². The molecule has 0 bridgehead atoms. The van der Waals surface area contributed by atoms with Crippen LogP contribution in [-0.2, 0) is 5.41 Å². The molecule has 0 spiro atoms. The maximum Gasteiger partial charge on any atom is 0.0710 e. The van der Waals surface area contributed by atoms with E-state index in [1.807, 2.05) is 79.7 Å². The molecule has 184 valence electrons. The van der Waals surface area contributed by atoms with Crippen LogP contribution >= 0.6 is 0 Å². The summed E-state index contributed by atoms with van der Waals surface area (Å²) < 4.78 is 0. The molecule has 2 aromatic carbocycles. The minimum Gasteiger partial charge on any atom is -0.0991 e. The van der Waals surface area contributed by atoms with Gasteiger partial charge in [-0.25, -0.2) is 0 Å². The second-order valence-corrected chi connectivity index (χ2v) is 6.24. The number of rotatable bonds is 6. The minimum absolute atomic E-state index is 0.405. The van der Waals surface area contributed by atoms with Gasteiger partial charge < -0.3 is 0 Å². The fraction of sp³-hybridized carbons (Fsp3) is 0.294. The first-order chi connectivity index (χ1) is 16.7. The molecule has 34 heavy (non-hydrogen) atoms. The zero-order chi connectivity index (χ0) is 26.6. The largest absolute Gasteiger partial charge is 0.0991 e. The van der Waals surface area contributed by atoms with Crippen molar-refractivity contribution in [3.63, 3.8) is 0 Å². The molecule has 0 fully saturated rings. The first kappa shape index (κ1) is 33.1. The van der Waals surface area contributed by atoms with E-state index in [1.165, 1.54) is 27.8 Å². The average molecular weight is 457 g/mol. The molecule has 0 atom stereocenters. The lowest BCUT2D eigenvalue weighted by Gasteiger charge is -2.35. The van der Waals surface area contributed by atoms with Gasteiger partial charge in [-0.15, -0.1) is 0 Å². The summed E-state index contributed by atoms with van der Waals surface area (Å²) in [6.07, 6.45) is 14.0. The molecule has 0 nitrogen and oxygen atoms in total. The fourth-order valence-electron chi connectivity index (χ4n) is 4.11. The Morgan fingerprint density at radius 3 is 1.44 bits per heavy atom. The van der Waals surface area contributed by atoms with Crippen molar-refractivity contribution in [3.05, 3.63) is 133 Å². The maximum absolute atomic E-state index is 4.12. The van der Waals surface area contributed by atoms with E-state index in [0.717, 1.165) is 5.57 Å². The predicted molar refractivity (Wildman–Crippen MR) is 160 cm³/mol. The molecule has 0 saturated heterocycles. The van der Waals surface area contributed by atoms with Crippen LogP contribution < -0.4 is 0 Å². The van der Waals surface area contributed by atoms with Crippen LogP contribution in [-0.4, -0.2) is 0 Å². The third kappa shape index (κ3) is 6.70. The fourth-order valence-corrected chi connectivity index (χ4v) is 4.11. The van der Waals surface area contributed by atoms with Crippen molar-refractivity contribution in [2.24, 2.45) is 0 Å². The van der Waals surface area contributed by atoms with E-state index in [1.54, 1.807) is 0 Å². The van der Waals surface area contributed by atoms with Crippen molar-refractivity contribution in [2.75, 3.05) is 0 Å². The van der Waals surface area contributed by atoms with Crippen LogP contribution in [0, 0.1) is 0 Å². The van der Waals surface area contributed by atoms with Crippen molar-refractivity contribution in [1.29, 1.82) is 0 Å². The van der Waals surface area contributed by atoms with Gasteiger partial charge in [-0.1, -0.05) is 166 Å². The summed E-state index contributed by atoms with van der Waals surface area (Å²) in [5.74, 6) is 0. The highest BCUT2D eigenvalue weighted by atomic mass is 14.5. The molecule has 3 rings (SSSR count). The first-order valence-electron chi connectivity index (χ1n) is 12.9. The third-order valence-corrected chi connectivity index (χ3v) is 5.06. The molecule has 0 radical (unpaired) electrons. The molecular weight excluding hydrogens is 408 g/mol. The maximum atomic E-state index is 4.12. The monoisotopic (exact) mass is 456 g/mol. The lowest BCUT2D eigenvalue weighted by Crippen LogP contribution is -2.29. The van der Waals surface area contributed by atoms with E-state index in [2.05, 4.69) is 93.4 Å². The molecule has 0 heterocycles. The molecule has 2 aromatic rings. The van der Waals surface area contributed by atoms with Crippen LogP contribution in [0.1, 0.15) is 73.4 Å². The first-order valence-corrected chi connectivity index (χ1v) is 12.9. The van der Waals surface area contributed by atoms with Crippen LogP contribution in [0.25, 0.3) is 11.1 Å². The highest BCUT2D eigenvalue weighted by molar-refractivity contribution is 5.87. The van der Waals surface area contributed by atoms with Gasteiger partial charge in [-0.3, -0.25) is 0 Å². The zero-order valence-corrected chi connectivity index (χ0v) is 23.3.